The topological polar surface area (TPSA) is 3.24 Å². The van der Waals surface area contributed by atoms with Crippen molar-refractivity contribution >= 4 is 5.57 Å². The Labute approximate surface area is 171 Å². The Kier molecular flexibility index (Phi) is 6.32. The van der Waals surface area contributed by atoms with Crippen molar-refractivity contribution in [2.45, 2.75) is 58.4 Å². The fourth-order valence-corrected chi connectivity index (χ4v) is 5.00. The van der Waals surface area contributed by atoms with E-state index in [9.17, 15) is 0 Å². The molecule has 0 amide bonds. The second-order valence-corrected chi connectivity index (χ2v) is 9.19. The van der Waals surface area contributed by atoms with E-state index in [2.05, 4.69) is 79.4 Å². The predicted octanol–water partition coefficient (Wildman–Crippen LogP) is 6.91. The molecule has 0 N–H and O–H groups in total. The SMILES string of the molecule is CC(C)C1CC=C(c2ccc(CN3CCCC(c4ccccc4)C3)cc2)CC1. The fourth-order valence-electron chi connectivity index (χ4n) is 5.00. The molecule has 2 aromatic rings. The summed E-state index contributed by atoms with van der Waals surface area (Å²) in [7, 11) is 0. The van der Waals surface area contributed by atoms with E-state index >= 15 is 0 Å². The smallest absolute Gasteiger partial charge is 0.0233 e. The lowest BCUT2D eigenvalue weighted by molar-refractivity contribution is 0.200. The van der Waals surface area contributed by atoms with Crippen molar-refractivity contribution in [1.82, 2.24) is 4.90 Å². The zero-order valence-electron chi connectivity index (χ0n) is 17.6. The van der Waals surface area contributed by atoms with Crippen molar-refractivity contribution in [3.05, 3.63) is 77.4 Å². The average molecular weight is 374 g/mol. The zero-order chi connectivity index (χ0) is 19.3. The summed E-state index contributed by atoms with van der Waals surface area (Å²) < 4.78 is 0. The zero-order valence-corrected chi connectivity index (χ0v) is 17.6. The summed E-state index contributed by atoms with van der Waals surface area (Å²) in [5.41, 5.74) is 5.96. The minimum Gasteiger partial charge on any atom is -0.298 e. The normalized spacial score (nSPS) is 23.6. The van der Waals surface area contributed by atoms with E-state index in [1.54, 1.807) is 5.57 Å². The van der Waals surface area contributed by atoms with Crippen LogP contribution in [0.25, 0.3) is 5.57 Å². The molecule has 1 fully saturated rings. The summed E-state index contributed by atoms with van der Waals surface area (Å²) in [6.07, 6.45) is 8.97. The van der Waals surface area contributed by atoms with Gasteiger partial charge in [0.1, 0.15) is 0 Å². The highest BCUT2D eigenvalue weighted by Crippen LogP contribution is 2.34. The maximum atomic E-state index is 2.64. The first-order chi connectivity index (χ1) is 13.7. The van der Waals surface area contributed by atoms with Crippen LogP contribution >= 0.6 is 0 Å². The molecule has 1 aliphatic carbocycles. The minimum absolute atomic E-state index is 0.690. The van der Waals surface area contributed by atoms with Crippen LogP contribution in [0, 0.1) is 11.8 Å². The van der Waals surface area contributed by atoms with Gasteiger partial charge in [-0.2, -0.15) is 0 Å². The second kappa shape index (κ2) is 9.09. The largest absolute Gasteiger partial charge is 0.298 e. The van der Waals surface area contributed by atoms with Gasteiger partial charge < -0.3 is 0 Å². The van der Waals surface area contributed by atoms with E-state index in [4.69, 9.17) is 0 Å². The van der Waals surface area contributed by atoms with Crippen LogP contribution in [0.1, 0.15) is 68.6 Å². The number of hydrogen-bond donors (Lipinski definition) is 0. The molecule has 0 spiro atoms. The van der Waals surface area contributed by atoms with Gasteiger partial charge in [-0.3, -0.25) is 4.90 Å². The summed E-state index contributed by atoms with van der Waals surface area (Å²) in [4.78, 5) is 2.64. The van der Waals surface area contributed by atoms with Crippen LogP contribution in [0.4, 0.5) is 0 Å². The van der Waals surface area contributed by atoms with Crippen LogP contribution in [-0.4, -0.2) is 18.0 Å². The maximum absolute atomic E-state index is 2.64. The summed E-state index contributed by atoms with van der Waals surface area (Å²) in [5.74, 6) is 2.37. The summed E-state index contributed by atoms with van der Waals surface area (Å²) in [6.45, 7) is 8.22. The Bertz CT molecular complexity index is 772. The molecule has 148 valence electrons. The molecule has 1 heterocycles. The molecule has 1 heteroatoms. The Hall–Kier alpha value is -1.86. The van der Waals surface area contributed by atoms with Gasteiger partial charge in [0.25, 0.3) is 0 Å². The summed E-state index contributed by atoms with van der Waals surface area (Å²) in [5, 5.41) is 0. The Balaban J connectivity index is 1.36. The minimum atomic E-state index is 0.690. The van der Waals surface area contributed by atoms with Crippen LogP contribution in [0.2, 0.25) is 0 Å². The van der Waals surface area contributed by atoms with Crippen molar-refractivity contribution in [1.29, 1.82) is 0 Å². The molecule has 0 radical (unpaired) electrons. The van der Waals surface area contributed by atoms with Gasteiger partial charge in [0.15, 0.2) is 0 Å². The van der Waals surface area contributed by atoms with E-state index in [0.29, 0.717) is 5.92 Å². The highest BCUT2D eigenvalue weighted by molar-refractivity contribution is 5.66. The molecule has 2 atom stereocenters. The predicted molar refractivity (Wildman–Crippen MR) is 120 cm³/mol. The van der Waals surface area contributed by atoms with E-state index < -0.39 is 0 Å². The van der Waals surface area contributed by atoms with Gasteiger partial charge in [0.05, 0.1) is 0 Å². The fraction of sp³-hybridized carbons (Fsp3) is 0.481. The number of benzene rings is 2. The first kappa shape index (κ1) is 19.5. The number of nitrogens with zero attached hydrogens (tertiary/aromatic N) is 1. The highest BCUT2D eigenvalue weighted by atomic mass is 15.1. The molecule has 1 saturated heterocycles. The number of likely N-dealkylation sites (tertiary alicyclic amines) is 1. The van der Waals surface area contributed by atoms with Crippen molar-refractivity contribution in [3.63, 3.8) is 0 Å². The molecule has 1 nitrogen and oxygen atoms in total. The summed E-state index contributed by atoms with van der Waals surface area (Å²) in [6, 6.07) is 20.5. The second-order valence-electron chi connectivity index (χ2n) is 9.19. The lowest BCUT2D eigenvalue weighted by atomic mass is 9.81. The van der Waals surface area contributed by atoms with Gasteiger partial charge in [0.2, 0.25) is 0 Å². The molecule has 2 unspecified atom stereocenters. The first-order valence-electron chi connectivity index (χ1n) is 11.2. The van der Waals surface area contributed by atoms with Crippen LogP contribution in [0.5, 0.6) is 0 Å². The van der Waals surface area contributed by atoms with Crippen LogP contribution in [-0.2, 0) is 6.54 Å². The molecule has 0 bridgehead atoms. The average Bonchev–Trinajstić information content (AvgIpc) is 2.75. The molecule has 2 aromatic carbocycles. The first-order valence-corrected chi connectivity index (χ1v) is 11.2. The van der Waals surface area contributed by atoms with Crippen molar-refractivity contribution < 1.29 is 0 Å². The van der Waals surface area contributed by atoms with Gasteiger partial charge in [0, 0.05) is 13.1 Å². The Morgan fingerprint density at radius 2 is 1.75 bits per heavy atom. The van der Waals surface area contributed by atoms with Crippen LogP contribution in [0.3, 0.4) is 0 Å². The number of allylic oxidation sites excluding steroid dienone is 2. The molecule has 28 heavy (non-hydrogen) atoms. The van der Waals surface area contributed by atoms with Gasteiger partial charge >= 0.3 is 0 Å². The van der Waals surface area contributed by atoms with Crippen molar-refractivity contribution in [3.8, 4) is 0 Å². The van der Waals surface area contributed by atoms with Crippen molar-refractivity contribution in [2.24, 2.45) is 11.8 Å². The molecule has 1 aliphatic heterocycles. The van der Waals surface area contributed by atoms with Crippen LogP contribution < -0.4 is 0 Å². The van der Waals surface area contributed by atoms with E-state index in [0.717, 1.165) is 18.4 Å². The maximum Gasteiger partial charge on any atom is 0.0233 e. The lowest BCUT2D eigenvalue weighted by Gasteiger charge is -2.33. The van der Waals surface area contributed by atoms with Gasteiger partial charge in [-0.15, -0.1) is 0 Å². The van der Waals surface area contributed by atoms with E-state index in [1.165, 1.54) is 61.9 Å². The third kappa shape index (κ3) is 4.75. The Morgan fingerprint density at radius 3 is 2.43 bits per heavy atom. The Morgan fingerprint density at radius 1 is 0.964 bits per heavy atom. The monoisotopic (exact) mass is 373 g/mol. The lowest BCUT2D eigenvalue weighted by Crippen LogP contribution is -2.33. The molecule has 0 aromatic heterocycles. The molecular weight excluding hydrogens is 338 g/mol. The number of piperidine rings is 1. The third-order valence-corrected chi connectivity index (χ3v) is 6.90. The van der Waals surface area contributed by atoms with Crippen molar-refractivity contribution in [2.75, 3.05) is 13.1 Å². The molecule has 4 rings (SSSR count). The summed E-state index contributed by atoms with van der Waals surface area (Å²) >= 11 is 0. The van der Waals surface area contributed by atoms with Gasteiger partial charge in [-0.25, -0.2) is 0 Å². The molecule has 2 aliphatic rings. The standard InChI is InChI=1S/C27H35N/c1-21(2)23-14-16-26(17-15-23)25-12-10-22(11-13-25)19-28-18-6-9-27(20-28)24-7-4-3-5-8-24/h3-5,7-8,10-13,16,21,23,27H,6,9,14-15,17-20H2,1-2H3. The van der Waals surface area contributed by atoms with E-state index in [1.807, 2.05) is 0 Å². The number of hydrogen-bond acceptors (Lipinski definition) is 1. The van der Waals surface area contributed by atoms with Gasteiger partial charge in [-0.1, -0.05) is 74.5 Å². The van der Waals surface area contributed by atoms with Crippen LogP contribution in [0.15, 0.2) is 60.7 Å². The highest BCUT2D eigenvalue weighted by Gasteiger charge is 2.21. The number of rotatable bonds is 5. The quantitative estimate of drug-likeness (QED) is 0.550. The molecular formula is C27H35N. The molecule has 0 saturated carbocycles. The van der Waals surface area contributed by atoms with Gasteiger partial charge in [-0.05, 0) is 78.7 Å². The third-order valence-electron chi connectivity index (χ3n) is 6.90. The van der Waals surface area contributed by atoms with E-state index in [-0.39, 0.29) is 0 Å².